The summed E-state index contributed by atoms with van der Waals surface area (Å²) in [4.78, 5) is 11.7. The molecule has 0 radical (unpaired) electrons. The quantitative estimate of drug-likeness (QED) is 0.878. The number of amides is 1. The Hall–Kier alpha value is -1.26. The number of halogens is 1. The summed E-state index contributed by atoms with van der Waals surface area (Å²) < 4.78 is 5.95. The number of aryl methyl sites for hydroxylation is 1. The number of benzene rings is 1. The molecule has 1 rings (SSSR count). The maximum atomic E-state index is 11.7. The Morgan fingerprint density at radius 3 is 2.52 bits per heavy atom. The molecule has 1 amide bonds. The molecule has 0 aliphatic heterocycles. The Bertz CT molecular complexity index is 468. The average molecular weight is 315 g/mol. The lowest BCUT2D eigenvalue weighted by molar-refractivity contribution is -0.121. The van der Waals surface area contributed by atoms with Gasteiger partial charge in [-0.3, -0.25) is 4.79 Å². The van der Waals surface area contributed by atoms with Gasteiger partial charge in [0.2, 0.25) is 5.91 Å². The normalized spacial score (nSPS) is 12.3. The highest BCUT2D eigenvalue weighted by atomic mass is 35.5. The van der Waals surface area contributed by atoms with E-state index in [0.29, 0.717) is 13.0 Å². The molecule has 0 saturated heterocycles. The van der Waals surface area contributed by atoms with Gasteiger partial charge < -0.3 is 15.8 Å². The summed E-state index contributed by atoms with van der Waals surface area (Å²) in [6.45, 7) is 10.3. The second-order valence-electron chi connectivity index (χ2n) is 6.28. The second-order valence-corrected chi connectivity index (χ2v) is 6.28. The molecule has 1 unspecified atom stereocenters. The molecular formula is C16H27ClN2O2. The van der Waals surface area contributed by atoms with E-state index in [-0.39, 0.29) is 30.0 Å². The van der Waals surface area contributed by atoms with Crippen LogP contribution >= 0.6 is 12.4 Å². The lowest BCUT2D eigenvalue weighted by atomic mass is 10.1. The first-order chi connectivity index (χ1) is 9.17. The summed E-state index contributed by atoms with van der Waals surface area (Å²) in [5.74, 6) is 0.779. The number of hydrogen-bond donors (Lipinski definition) is 2. The number of ether oxygens (including phenoxy) is 1. The van der Waals surface area contributed by atoms with Crippen LogP contribution in [0.25, 0.3) is 0 Å². The van der Waals surface area contributed by atoms with Crippen molar-refractivity contribution in [2.75, 3.05) is 0 Å². The monoisotopic (exact) mass is 314 g/mol. The van der Waals surface area contributed by atoms with Gasteiger partial charge in [0.15, 0.2) is 0 Å². The third kappa shape index (κ3) is 7.93. The molecule has 120 valence electrons. The molecule has 0 aromatic heterocycles. The largest absolute Gasteiger partial charge is 0.488 e. The zero-order chi connectivity index (χ0) is 15.3. The van der Waals surface area contributed by atoms with E-state index in [4.69, 9.17) is 10.5 Å². The van der Waals surface area contributed by atoms with Crippen molar-refractivity contribution in [2.24, 2.45) is 5.73 Å². The molecule has 0 aliphatic carbocycles. The molecule has 0 bridgehead atoms. The van der Waals surface area contributed by atoms with E-state index < -0.39 is 0 Å². The molecule has 0 saturated carbocycles. The van der Waals surface area contributed by atoms with E-state index in [0.717, 1.165) is 16.9 Å². The van der Waals surface area contributed by atoms with Gasteiger partial charge in [-0.2, -0.15) is 0 Å². The molecule has 0 aliphatic rings. The Morgan fingerprint density at radius 1 is 1.38 bits per heavy atom. The van der Waals surface area contributed by atoms with Crippen molar-refractivity contribution in [1.29, 1.82) is 0 Å². The highest BCUT2D eigenvalue weighted by Gasteiger charge is 2.15. The van der Waals surface area contributed by atoms with Crippen LogP contribution in [-0.4, -0.2) is 17.6 Å². The fraction of sp³-hybridized carbons (Fsp3) is 0.562. The van der Waals surface area contributed by atoms with Crippen molar-refractivity contribution in [3.8, 4) is 5.75 Å². The van der Waals surface area contributed by atoms with Gasteiger partial charge in [-0.1, -0.05) is 12.1 Å². The maximum Gasteiger partial charge on any atom is 0.221 e. The van der Waals surface area contributed by atoms with Crippen molar-refractivity contribution in [2.45, 2.75) is 59.2 Å². The fourth-order valence-corrected chi connectivity index (χ4v) is 1.79. The van der Waals surface area contributed by atoms with Gasteiger partial charge >= 0.3 is 0 Å². The van der Waals surface area contributed by atoms with Crippen LogP contribution in [0.5, 0.6) is 5.75 Å². The van der Waals surface area contributed by atoms with Crippen LogP contribution in [0.4, 0.5) is 0 Å². The van der Waals surface area contributed by atoms with Gasteiger partial charge in [0.1, 0.15) is 11.4 Å². The Kier molecular flexibility index (Phi) is 7.75. The zero-order valence-electron chi connectivity index (χ0n) is 13.5. The smallest absolute Gasteiger partial charge is 0.221 e. The summed E-state index contributed by atoms with van der Waals surface area (Å²) >= 11 is 0. The van der Waals surface area contributed by atoms with E-state index in [2.05, 4.69) is 5.32 Å². The molecule has 5 heteroatoms. The minimum Gasteiger partial charge on any atom is -0.488 e. The summed E-state index contributed by atoms with van der Waals surface area (Å²) in [6, 6.07) is 5.88. The predicted octanol–water partition coefficient (Wildman–Crippen LogP) is 2.95. The van der Waals surface area contributed by atoms with Crippen molar-refractivity contribution >= 4 is 18.3 Å². The Morgan fingerprint density at radius 2 is 2.00 bits per heavy atom. The highest BCUT2D eigenvalue weighted by molar-refractivity contribution is 5.85. The molecule has 0 spiro atoms. The summed E-state index contributed by atoms with van der Waals surface area (Å²) in [5, 5.41) is 2.88. The van der Waals surface area contributed by atoms with Crippen LogP contribution < -0.4 is 15.8 Å². The van der Waals surface area contributed by atoms with Crippen LogP contribution in [0.2, 0.25) is 0 Å². The minimum absolute atomic E-state index is 0. The first-order valence-corrected chi connectivity index (χ1v) is 6.98. The highest BCUT2D eigenvalue weighted by Crippen LogP contribution is 2.24. The van der Waals surface area contributed by atoms with Gasteiger partial charge in [0, 0.05) is 24.6 Å². The van der Waals surface area contributed by atoms with E-state index in [1.54, 1.807) is 0 Å². The number of nitrogens with two attached hydrogens (primary N) is 1. The van der Waals surface area contributed by atoms with E-state index in [1.165, 1.54) is 0 Å². The van der Waals surface area contributed by atoms with E-state index in [9.17, 15) is 4.79 Å². The lowest BCUT2D eigenvalue weighted by Gasteiger charge is -2.24. The molecule has 1 atom stereocenters. The van der Waals surface area contributed by atoms with Crippen LogP contribution in [0.3, 0.4) is 0 Å². The molecular weight excluding hydrogens is 288 g/mol. The number of carbonyl (C=O) groups excluding carboxylic acids is 1. The summed E-state index contributed by atoms with van der Waals surface area (Å²) in [7, 11) is 0. The number of carbonyl (C=O) groups is 1. The molecule has 3 N–H and O–H groups in total. The molecule has 1 aromatic carbocycles. The lowest BCUT2D eigenvalue weighted by Crippen LogP contribution is -2.30. The van der Waals surface area contributed by atoms with Crippen molar-refractivity contribution in [1.82, 2.24) is 5.32 Å². The number of hydrogen-bond acceptors (Lipinski definition) is 3. The standard InChI is InChI=1S/C16H26N2O2.ClH/c1-11-6-7-13(10-18-15(19)9-12(2)17)14(8-11)20-16(3,4)5;/h6-8,12H,9-10,17H2,1-5H3,(H,18,19);1H. The molecule has 0 heterocycles. The molecule has 4 nitrogen and oxygen atoms in total. The van der Waals surface area contributed by atoms with Gasteiger partial charge in [-0.05, 0) is 46.2 Å². The van der Waals surface area contributed by atoms with E-state index in [1.807, 2.05) is 52.8 Å². The number of rotatable bonds is 5. The Labute approximate surface area is 133 Å². The third-order valence-corrected chi connectivity index (χ3v) is 2.62. The van der Waals surface area contributed by atoms with Gasteiger partial charge in [0.05, 0.1) is 0 Å². The molecule has 21 heavy (non-hydrogen) atoms. The zero-order valence-corrected chi connectivity index (χ0v) is 14.3. The maximum absolute atomic E-state index is 11.7. The van der Waals surface area contributed by atoms with Gasteiger partial charge in [-0.25, -0.2) is 0 Å². The van der Waals surface area contributed by atoms with Gasteiger partial charge in [0.25, 0.3) is 0 Å². The third-order valence-electron chi connectivity index (χ3n) is 2.62. The van der Waals surface area contributed by atoms with Crippen molar-refractivity contribution in [3.05, 3.63) is 29.3 Å². The SMILES string of the molecule is Cc1ccc(CNC(=O)CC(C)N)c(OC(C)(C)C)c1.Cl. The predicted molar refractivity (Wildman–Crippen MR) is 88.9 cm³/mol. The van der Waals surface area contributed by atoms with Crippen LogP contribution in [-0.2, 0) is 11.3 Å². The van der Waals surface area contributed by atoms with Crippen LogP contribution in [0.15, 0.2) is 18.2 Å². The fourth-order valence-electron chi connectivity index (χ4n) is 1.79. The van der Waals surface area contributed by atoms with E-state index >= 15 is 0 Å². The summed E-state index contributed by atoms with van der Waals surface area (Å²) in [6.07, 6.45) is 0.335. The first-order valence-electron chi connectivity index (χ1n) is 6.98. The second kappa shape index (κ2) is 8.25. The molecule has 0 fully saturated rings. The summed E-state index contributed by atoms with van der Waals surface area (Å²) in [5.41, 5.74) is 7.45. The molecule has 1 aromatic rings. The van der Waals surface area contributed by atoms with Crippen molar-refractivity contribution < 1.29 is 9.53 Å². The minimum atomic E-state index is -0.266. The van der Waals surface area contributed by atoms with Crippen molar-refractivity contribution in [3.63, 3.8) is 0 Å². The first kappa shape index (κ1) is 19.7. The average Bonchev–Trinajstić information content (AvgIpc) is 2.24. The van der Waals surface area contributed by atoms with Crippen LogP contribution in [0, 0.1) is 6.92 Å². The topological polar surface area (TPSA) is 64.4 Å². The Balaban J connectivity index is 0.00000400. The van der Waals surface area contributed by atoms with Crippen LogP contribution in [0.1, 0.15) is 45.2 Å². The van der Waals surface area contributed by atoms with Gasteiger partial charge in [-0.15, -0.1) is 12.4 Å². The number of nitrogens with one attached hydrogen (secondary N) is 1.